The van der Waals surface area contributed by atoms with Crippen LogP contribution >= 0.6 is 0 Å². The van der Waals surface area contributed by atoms with Crippen molar-refractivity contribution in [3.05, 3.63) is 58.9 Å². The Morgan fingerprint density at radius 3 is 2.74 bits per heavy atom. The minimum absolute atomic E-state index is 0.0733. The summed E-state index contributed by atoms with van der Waals surface area (Å²) in [5, 5.41) is 4.84. The molecule has 3 aromatic rings. The molecule has 0 radical (unpaired) electrons. The molecule has 2 fully saturated rings. The normalized spacial score (nSPS) is 20.2. The number of carbonyl (C=O) groups is 1. The van der Waals surface area contributed by atoms with E-state index in [9.17, 15) is 4.79 Å². The van der Waals surface area contributed by atoms with Crippen LogP contribution in [0.4, 0.5) is 0 Å². The molecule has 1 amide bonds. The molecule has 0 bridgehead atoms. The van der Waals surface area contributed by atoms with Gasteiger partial charge in [0.25, 0.3) is 11.6 Å². The van der Waals surface area contributed by atoms with E-state index in [1.165, 1.54) is 5.56 Å². The monoisotopic (exact) mass is 361 g/mol. The van der Waals surface area contributed by atoms with Crippen LogP contribution in [0, 0.1) is 6.92 Å². The first-order chi connectivity index (χ1) is 13.2. The van der Waals surface area contributed by atoms with Crippen LogP contribution in [-0.2, 0) is 0 Å². The highest BCUT2D eigenvalue weighted by atomic mass is 16.5. The number of aryl methyl sites for hydroxylation is 1. The van der Waals surface area contributed by atoms with Gasteiger partial charge in [0.2, 0.25) is 0 Å². The lowest BCUT2D eigenvalue weighted by Gasteiger charge is -2.36. The summed E-state index contributed by atoms with van der Waals surface area (Å²) in [4.78, 5) is 20.3. The molecule has 5 heteroatoms. The summed E-state index contributed by atoms with van der Waals surface area (Å²) in [5.74, 6) is 0.529. The molecular weight excluding hydrogens is 338 g/mol. The van der Waals surface area contributed by atoms with Gasteiger partial charge in [-0.15, -0.1) is 0 Å². The molecule has 1 aliphatic heterocycles. The van der Waals surface area contributed by atoms with Crippen LogP contribution in [0.15, 0.2) is 40.9 Å². The lowest BCUT2D eigenvalue weighted by atomic mass is 9.94. The Labute approximate surface area is 158 Å². The maximum absolute atomic E-state index is 13.7. The molecule has 1 saturated heterocycles. The van der Waals surface area contributed by atoms with Gasteiger partial charge < -0.3 is 9.42 Å². The van der Waals surface area contributed by atoms with Gasteiger partial charge in [0.05, 0.1) is 22.7 Å². The summed E-state index contributed by atoms with van der Waals surface area (Å²) in [6, 6.07) is 12.5. The second-order valence-corrected chi connectivity index (χ2v) is 7.74. The largest absolute Gasteiger partial charge is 0.336 e. The first-order valence-electron chi connectivity index (χ1n) is 9.85. The maximum atomic E-state index is 13.7. The number of hydrogen-bond donors (Lipinski definition) is 0. The summed E-state index contributed by atoms with van der Waals surface area (Å²) in [7, 11) is 0. The SMILES string of the molecule is Cc1noc2nc(C3CC3)cc(C(=O)N3CCCCC3c3ccccc3)c12. The van der Waals surface area contributed by atoms with E-state index in [2.05, 4.69) is 22.3 Å². The van der Waals surface area contributed by atoms with Crippen molar-refractivity contribution in [3.63, 3.8) is 0 Å². The van der Waals surface area contributed by atoms with Crippen LogP contribution in [0.5, 0.6) is 0 Å². The number of hydrogen-bond acceptors (Lipinski definition) is 4. The molecule has 5 nitrogen and oxygen atoms in total. The molecular formula is C22H23N3O2. The number of aromatic nitrogens is 2. The molecule has 0 N–H and O–H groups in total. The predicted octanol–water partition coefficient (Wildman–Crippen LogP) is 4.78. The predicted molar refractivity (Wildman–Crippen MR) is 103 cm³/mol. The summed E-state index contributed by atoms with van der Waals surface area (Å²) in [6.45, 7) is 2.66. The third-order valence-corrected chi connectivity index (χ3v) is 5.81. The van der Waals surface area contributed by atoms with Gasteiger partial charge >= 0.3 is 0 Å². The van der Waals surface area contributed by atoms with Crippen molar-refractivity contribution < 1.29 is 9.32 Å². The lowest BCUT2D eigenvalue weighted by molar-refractivity contribution is 0.0613. The second-order valence-electron chi connectivity index (χ2n) is 7.74. The average molecular weight is 361 g/mol. The molecule has 0 spiro atoms. The fraction of sp³-hybridized carbons (Fsp3) is 0.409. The van der Waals surface area contributed by atoms with Crippen molar-refractivity contribution in [1.82, 2.24) is 15.0 Å². The van der Waals surface area contributed by atoms with Gasteiger partial charge in [-0.25, -0.2) is 4.98 Å². The smallest absolute Gasteiger partial charge is 0.259 e. The zero-order valence-corrected chi connectivity index (χ0v) is 15.5. The van der Waals surface area contributed by atoms with Gasteiger partial charge in [-0.05, 0) is 50.7 Å². The standard InChI is InChI=1S/C22H23N3O2/c1-14-20-17(13-18(15-10-11-15)23-21(20)27-24-14)22(26)25-12-6-5-9-19(25)16-7-3-2-4-8-16/h2-4,7-8,13,15,19H,5-6,9-12H2,1H3. The van der Waals surface area contributed by atoms with Gasteiger partial charge in [0, 0.05) is 18.2 Å². The van der Waals surface area contributed by atoms with E-state index < -0.39 is 0 Å². The average Bonchev–Trinajstić information content (AvgIpc) is 3.51. The van der Waals surface area contributed by atoms with E-state index in [1.807, 2.05) is 36.1 Å². The van der Waals surface area contributed by atoms with Crippen molar-refractivity contribution in [3.8, 4) is 0 Å². The van der Waals surface area contributed by atoms with Crippen molar-refractivity contribution in [2.45, 2.75) is 51.0 Å². The van der Waals surface area contributed by atoms with Gasteiger partial charge in [-0.3, -0.25) is 4.79 Å². The highest BCUT2D eigenvalue weighted by Crippen LogP contribution is 2.41. The van der Waals surface area contributed by atoms with E-state index in [0.717, 1.165) is 55.4 Å². The van der Waals surface area contributed by atoms with Crippen molar-refractivity contribution in [2.24, 2.45) is 0 Å². The van der Waals surface area contributed by atoms with Crippen molar-refractivity contribution in [2.75, 3.05) is 6.54 Å². The number of amides is 1. The van der Waals surface area contributed by atoms with Crippen molar-refractivity contribution in [1.29, 1.82) is 0 Å². The fourth-order valence-electron chi connectivity index (χ4n) is 4.22. The Balaban J connectivity index is 1.59. The molecule has 2 aliphatic rings. The lowest BCUT2D eigenvalue weighted by Crippen LogP contribution is -2.38. The topological polar surface area (TPSA) is 59.2 Å². The van der Waals surface area contributed by atoms with Gasteiger partial charge in [0.1, 0.15) is 0 Å². The van der Waals surface area contributed by atoms with Crippen LogP contribution in [-0.4, -0.2) is 27.5 Å². The highest BCUT2D eigenvalue weighted by molar-refractivity contribution is 6.06. The minimum atomic E-state index is 0.0733. The molecule has 138 valence electrons. The number of rotatable bonds is 3. The minimum Gasteiger partial charge on any atom is -0.336 e. The number of fused-ring (bicyclic) bond motifs is 1. The van der Waals surface area contributed by atoms with Crippen LogP contribution in [0.2, 0.25) is 0 Å². The molecule has 3 heterocycles. The first-order valence-corrected chi connectivity index (χ1v) is 9.85. The third kappa shape index (κ3) is 2.91. The quantitative estimate of drug-likeness (QED) is 0.674. The number of pyridine rings is 1. The molecule has 1 saturated carbocycles. The number of benzene rings is 1. The Hall–Kier alpha value is -2.69. The van der Waals surface area contributed by atoms with Gasteiger partial charge in [-0.1, -0.05) is 35.5 Å². The third-order valence-electron chi connectivity index (χ3n) is 5.81. The number of nitrogens with zero attached hydrogens (tertiary/aromatic N) is 3. The summed E-state index contributed by atoms with van der Waals surface area (Å²) >= 11 is 0. The van der Waals surface area contributed by atoms with E-state index in [4.69, 9.17) is 4.52 Å². The first kappa shape index (κ1) is 16.5. The summed E-state index contributed by atoms with van der Waals surface area (Å²) in [6.07, 6.45) is 5.46. The van der Waals surface area contributed by atoms with E-state index in [-0.39, 0.29) is 11.9 Å². The number of carbonyl (C=O) groups excluding carboxylic acids is 1. The Morgan fingerprint density at radius 2 is 1.96 bits per heavy atom. The molecule has 1 aliphatic carbocycles. The number of likely N-dealkylation sites (tertiary alicyclic amines) is 1. The number of piperidine rings is 1. The Kier molecular flexibility index (Phi) is 3.96. The summed E-state index contributed by atoms with van der Waals surface area (Å²) < 4.78 is 5.43. The Morgan fingerprint density at radius 1 is 1.15 bits per heavy atom. The second kappa shape index (κ2) is 6.48. The van der Waals surface area contributed by atoms with E-state index in [0.29, 0.717) is 17.2 Å². The molecule has 1 atom stereocenters. The zero-order chi connectivity index (χ0) is 18.4. The van der Waals surface area contributed by atoms with Gasteiger partial charge in [-0.2, -0.15) is 0 Å². The molecule has 5 rings (SSSR count). The molecule has 2 aromatic heterocycles. The van der Waals surface area contributed by atoms with Gasteiger partial charge in [0.15, 0.2) is 0 Å². The Bertz CT molecular complexity index is 991. The molecule has 1 unspecified atom stereocenters. The maximum Gasteiger partial charge on any atom is 0.259 e. The van der Waals surface area contributed by atoms with E-state index in [1.54, 1.807) is 0 Å². The van der Waals surface area contributed by atoms with Crippen LogP contribution in [0.1, 0.15) is 71.4 Å². The molecule has 1 aromatic carbocycles. The fourth-order valence-corrected chi connectivity index (χ4v) is 4.22. The highest BCUT2D eigenvalue weighted by Gasteiger charge is 2.33. The summed E-state index contributed by atoms with van der Waals surface area (Å²) in [5.41, 5.74) is 4.10. The van der Waals surface area contributed by atoms with Crippen molar-refractivity contribution >= 4 is 17.0 Å². The molecule has 27 heavy (non-hydrogen) atoms. The van der Waals surface area contributed by atoms with Crippen LogP contribution in [0.3, 0.4) is 0 Å². The van der Waals surface area contributed by atoms with Crippen LogP contribution in [0.25, 0.3) is 11.1 Å². The van der Waals surface area contributed by atoms with E-state index >= 15 is 0 Å². The zero-order valence-electron chi connectivity index (χ0n) is 15.5. The van der Waals surface area contributed by atoms with Crippen LogP contribution < -0.4 is 0 Å².